The second-order valence-corrected chi connectivity index (χ2v) is 5.33. The largest absolute Gasteiger partial charge is 0.329 e. The summed E-state index contributed by atoms with van der Waals surface area (Å²) in [5.74, 6) is -0.217. The first-order chi connectivity index (χ1) is 8.17. The second-order valence-electron chi connectivity index (χ2n) is 4.48. The minimum absolute atomic E-state index is 0.183. The van der Waals surface area contributed by atoms with Crippen molar-refractivity contribution in [2.75, 3.05) is 13.1 Å². The van der Waals surface area contributed by atoms with Gasteiger partial charge in [-0.05, 0) is 37.1 Å². The van der Waals surface area contributed by atoms with Crippen LogP contribution in [0.3, 0.4) is 0 Å². The maximum Gasteiger partial charge on any atom is 0.124 e. The number of rotatable bonds is 5. The number of likely N-dealkylation sites (N-methyl/N-ethyl adjacent to an activating group) is 1. The SMILES string of the molecule is CCN(C1CC1)C(CN)c1ccc(F)cc1Br. The molecule has 17 heavy (non-hydrogen) atoms. The minimum atomic E-state index is -0.217. The van der Waals surface area contributed by atoms with Gasteiger partial charge in [0.05, 0.1) is 0 Å². The zero-order chi connectivity index (χ0) is 12.4. The Morgan fingerprint density at radius 2 is 2.24 bits per heavy atom. The smallest absolute Gasteiger partial charge is 0.124 e. The van der Waals surface area contributed by atoms with Gasteiger partial charge in [-0.1, -0.05) is 28.9 Å². The highest BCUT2D eigenvalue weighted by Gasteiger charge is 2.33. The van der Waals surface area contributed by atoms with Crippen LogP contribution in [0.15, 0.2) is 22.7 Å². The van der Waals surface area contributed by atoms with Crippen LogP contribution in [0.4, 0.5) is 4.39 Å². The Labute approximate surface area is 110 Å². The number of nitrogens with two attached hydrogens (primary N) is 1. The van der Waals surface area contributed by atoms with E-state index in [4.69, 9.17) is 5.73 Å². The third-order valence-electron chi connectivity index (χ3n) is 3.33. The van der Waals surface area contributed by atoms with Crippen molar-refractivity contribution >= 4 is 15.9 Å². The van der Waals surface area contributed by atoms with E-state index in [9.17, 15) is 4.39 Å². The molecule has 1 saturated carbocycles. The van der Waals surface area contributed by atoms with Gasteiger partial charge in [0.15, 0.2) is 0 Å². The van der Waals surface area contributed by atoms with Crippen LogP contribution >= 0.6 is 15.9 Å². The summed E-state index contributed by atoms with van der Waals surface area (Å²) in [5, 5.41) is 0. The molecule has 0 aromatic heterocycles. The van der Waals surface area contributed by atoms with Crippen molar-refractivity contribution in [2.45, 2.75) is 31.8 Å². The molecule has 1 aromatic rings. The predicted molar refractivity (Wildman–Crippen MR) is 71.3 cm³/mol. The molecule has 94 valence electrons. The molecule has 0 saturated heterocycles. The molecule has 1 aliphatic carbocycles. The summed E-state index contributed by atoms with van der Waals surface area (Å²) in [6, 6.07) is 5.69. The zero-order valence-electron chi connectivity index (χ0n) is 10.00. The molecule has 4 heteroatoms. The average Bonchev–Trinajstić information content (AvgIpc) is 3.11. The van der Waals surface area contributed by atoms with E-state index in [0.29, 0.717) is 12.6 Å². The van der Waals surface area contributed by atoms with Crippen molar-refractivity contribution in [1.82, 2.24) is 4.90 Å². The lowest BCUT2D eigenvalue weighted by atomic mass is 10.0. The van der Waals surface area contributed by atoms with Crippen LogP contribution in [0.5, 0.6) is 0 Å². The highest BCUT2D eigenvalue weighted by Crippen LogP contribution is 2.36. The van der Waals surface area contributed by atoms with Crippen LogP contribution in [-0.4, -0.2) is 24.0 Å². The van der Waals surface area contributed by atoms with Gasteiger partial charge in [0.25, 0.3) is 0 Å². The molecule has 1 fully saturated rings. The molecule has 1 aliphatic rings. The van der Waals surface area contributed by atoms with Crippen molar-refractivity contribution < 1.29 is 4.39 Å². The topological polar surface area (TPSA) is 29.3 Å². The molecule has 0 bridgehead atoms. The van der Waals surface area contributed by atoms with Gasteiger partial charge in [-0.25, -0.2) is 4.39 Å². The van der Waals surface area contributed by atoms with Crippen molar-refractivity contribution in [3.8, 4) is 0 Å². The fourth-order valence-electron chi connectivity index (χ4n) is 2.35. The highest BCUT2D eigenvalue weighted by atomic mass is 79.9. The monoisotopic (exact) mass is 300 g/mol. The molecule has 2 rings (SSSR count). The Kier molecular flexibility index (Phi) is 4.17. The van der Waals surface area contributed by atoms with E-state index < -0.39 is 0 Å². The summed E-state index contributed by atoms with van der Waals surface area (Å²) in [6.07, 6.45) is 2.51. The van der Waals surface area contributed by atoms with Crippen LogP contribution in [0.2, 0.25) is 0 Å². The van der Waals surface area contributed by atoms with Crippen molar-refractivity contribution in [1.29, 1.82) is 0 Å². The van der Waals surface area contributed by atoms with E-state index in [1.165, 1.54) is 25.0 Å². The number of nitrogens with zero attached hydrogens (tertiary/aromatic N) is 1. The Morgan fingerprint density at radius 3 is 2.71 bits per heavy atom. The van der Waals surface area contributed by atoms with Crippen molar-refractivity contribution in [3.63, 3.8) is 0 Å². The standard InChI is InChI=1S/C13H18BrFN2/c1-2-17(10-4-5-10)13(8-16)11-6-3-9(15)7-12(11)14/h3,6-7,10,13H,2,4-5,8,16H2,1H3. The van der Waals surface area contributed by atoms with Gasteiger partial charge in [0.2, 0.25) is 0 Å². The van der Waals surface area contributed by atoms with E-state index in [0.717, 1.165) is 16.6 Å². The van der Waals surface area contributed by atoms with Gasteiger partial charge < -0.3 is 5.73 Å². The van der Waals surface area contributed by atoms with Crippen LogP contribution in [0, 0.1) is 5.82 Å². The van der Waals surface area contributed by atoms with Crippen LogP contribution in [0.25, 0.3) is 0 Å². The molecule has 1 unspecified atom stereocenters. The molecule has 1 atom stereocenters. The summed E-state index contributed by atoms with van der Waals surface area (Å²) in [6.45, 7) is 3.70. The van der Waals surface area contributed by atoms with Gasteiger partial charge in [-0.15, -0.1) is 0 Å². The van der Waals surface area contributed by atoms with Crippen LogP contribution in [0.1, 0.15) is 31.4 Å². The lowest BCUT2D eigenvalue weighted by molar-refractivity contribution is 0.201. The number of hydrogen-bond donors (Lipinski definition) is 1. The van der Waals surface area contributed by atoms with Gasteiger partial charge in [0.1, 0.15) is 5.82 Å². The van der Waals surface area contributed by atoms with E-state index in [-0.39, 0.29) is 11.9 Å². The van der Waals surface area contributed by atoms with Crippen molar-refractivity contribution in [2.24, 2.45) is 5.73 Å². The lowest BCUT2D eigenvalue weighted by Gasteiger charge is -2.30. The van der Waals surface area contributed by atoms with Crippen molar-refractivity contribution in [3.05, 3.63) is 34.1 Å². The number of hydrogen-bond acceptors (Lipinski definition) is 2. The third-order valence-corrected chi connectivity index (χ3v) is 4.01. The van der Waals surface area contributed by atoms with E-state index in [2.05, 4.69) is 27.8 Å². The first-order valence-electron chi connectivity index (χ1n) is 6.08. The normalized spacial score (nSPS) is 17.5. The molecule has 1 aromatic carbocycles. The molecule has 0 aliphatic heterocycles. The van der Waals surface area contributed by atoms with Gasteiger partial charge >= 0.3 is 0 Å². The molecule has 2 nitrogen and oxygen atoms in total. The highest BCUT2D eigenvalue weighted by molar-refractivity contribution is 9.10. The molecule has 0 heterocycles. The molecular formula is C13H18BrFN2. The quantitative estimate of drug-likeness (QED) is 0.905. The fraction of sp³-hybridized carbons (Fsp3) is 0.538. The summed E-state index contributed by atoms with van der Waals surface area (Å²) in [7, 11) is 0. The lowest BCUT2D eigenvalue weighted by Crippen LogP contribution is -2.35. The Bertz CT molecular complexity index is 393. The van der Waals surface area contributed by atoms with Crippen LogP contribution < -0.4 is 5.73 Å². The van der Waals surface area contributed by atoms with Gasteiger partial charge in [-0.2, -0.15) is 0 Å². The maximum atomic E-state index is 13.1. The second kappa shape index (κ2) is 5.46. The number of benzene rings is 1. The fourth-order valence-corrected chi connectivity index (χ4v) is 2.97. The molecule has 0 amide bonds. The Morgan fingerprint density at radius 1 is 1.53 bits per heavy atom. The van der Waals surface area contributed by atoms with E-state index >= 15 is 0 Å². The molecule has 0 spiro atoms. The summed E-state index contributed by atoms with van der Waals surface area (Å²) >= 11 is 3.43. The summed E-state index contributed by atoms with van der Waals surface area (Å²) in [5.41, 5.74) is 6.98. The van der Waals surface area contributed by atoms with Gasteiger partial charge in [-0.3, -0.25) is 4.90 Å². The van der Waals surface area contributed by atoms with Gasteiger partial charge in [0, 0.05) is 23.1 Å². The summed E-state index contributed by atoms with van der Waals surface area (Å²) in [4.78, 5) is 2.41. The summed E-state index contributed by atoms with van der Waals surface area (Å²) < 4.78 is 13.9. The first-order valence-corrected chi connectivity index (χ1v) is 6.87. The predicted octanol–water partition coefficient (Wildman–Crippen LogP) is 3.07. The Balaban J connectivity index is 2.26. The number of halogens is 2. The van der Waals surface area contributed by atoms with E-state index in [1.807, 2.05) is 6.07 Å². The van der Waals surface area contributed by atoms with E-state index in [1.54, 1.807) is 0 Å². The average molecular weight is 301 g/mol. The van der Waals surface area contributed by atoms with Crippen LogP contribution in [-0.2, 0) is 0 Å². The first kappa shape index (κ1) is 13.0. The molecule has 2 N–H and O–H groups in total. The molecular weight excluding hydrogens is 283 g/mol. The minimum Gasteiger partial charge on any atom is -0.329 e. The maximum absolute atomic E-state index is 13.1. The molecule has 0 radical (unpaired) electrons. The Hall–Kier alpha value is -0.450. The third kappa shape index (κ3) is 2.87. The zero-order valence-corrected chi connectivity index (χ0v) is 11.6.